The average Bonchev–Trinajstić information content (AvgIpc) is 2.61. The highest BCUT2D eigenvalue weighted by Crippen LogP contribution is 2.24. The number of guanidine groups is 1. The summed E-state index contributed by atoms with van der Waals surface area (Å²) >= 11 is 1.76. The number of aromatic nitrogens is 1. The van der Waals surface area contributed by atoms with E-state index >= 15 is 0 Å². The molecule has 0 saturated carbocycles. The third-order valence-electron chi connectivity index (χ3n) is 3.14. The molecule has 0 radical (unpaired) electrons. The van der Waals surface area contributed by atoms with E-state index in [1.54, 1.807) is 49.4 Å². The first-order valence-corrected chi connectivity index (χ1v) is 8.92. The summed E-state index contributed by atoms with van der Waals surface area (Å²) in [4.78, 5) is 8.07. The molecule has 2 aromatic rings. The Morgan fingerprint density at radius 2 is 2.16 bits per heavy atom. The van der Waals surface area contributed by atoms with E-state index in [1.807, 2.05) is 6.07 Å². The lowest BCUT2D eigenvalue weighted by atomic mass is 10.2. The fraction of sp³-hybridized carbons (Fsp3) is 0.294. The van der Waals surface area contributed by atoms with E-state index in [0.717, 1.165) is 17.9 Å². The van der Waals surface area contributed by atoms with Gasteiger partial charge in [0, 0.05) is 32.1 Å². The van der Waals surface area contributed by atoms with Gasteiger partial charge in [0.05, 0.1) is 6.20 Å². The number of aliphatic imine (C=N–C) groups is 1. The standard InChI is InChI=1S/C17H21FN4OS.HI/c1-19-17(21-8-9-24-2)22-11-13-5-6-16(15(18)10-13)23-14-4-3-7-20-12-14;/h3-7,10,12H,8-9,11H2,1-2H3,(H2,19,21,22);1H. The molecule has 136 valence electrons. The van der Waals surface area contributed by atoms with Crippen LogP contribution in [0.5, 0.6) is 11.5 Å². The molecule has 1 heterocycles. The van der Waals surface area contributed by atoms with E-state index in [0.29, 0.717) is 18.3 Å². The zero-order chi connectivity index (χ0) is 17.2. The summed E-state index contributed by atoms with van der Waals surface area (Å²) in [5.41, 5.74) is 0.804. The summed E-state index contributed by atoms with van der Waals surface area (Å²) in [6.45, 7) is 1.30. The molecule has 0 aliphatic heterocycles. The van der Waals surface area contributed by atoms with Gasteiger partial charge in [0.15, 0.2) is 17.5 Å². The first-order chi connectivity index (χ1) is 11.7. The number of rotatable bonds is 7. The fourth-order valence-electron chi connectivity index (χ4n) is 1.95. The summed E-state index contributed by atoms with van der Waals surface area (Å²) in [7, 11) is 1.71. The number of hydrogen-bond acceptors (Lipinski definition) is 4. The fourth-order valence-corrected chi connectivity index (χ4v) is 2.26. The van der Waals surface area contributed by atoms with Gasteiger partial charge in [0.25, 0.3) is 0 Å². The highest BCUT2D eigenvalue weighted by molar-refractivity contribution is 14.0. The number of ether oxygens (including phenoxy) is 1. The Morgan fingerprint density at radius 3 is 2.80 bits per heavy atom. The van der Waals surface area contributed by atoms with Crippen LogP contribution in [0.1, 0.15) is 5.56 Å². The van der Waals surface area contributed by atoms with Crippen LogP contribution < -0.4 is 15.4 Å². The highest BCUT2D eigenvalue weighted by atomic mass is 127. The minimum atomic E-state index is -0.413. The SMILES string of the molecule is CN=C(NCCSC)NCc1ccc(Oc2cccnc2)c(F)c1.I. The van der Waals surface area contributed by atoms with Crippen LogP contribution in [0.3, 0.4) is 0 Å². The van der Waals surface area contributed by atoms with E-state index in [9.17, 15) is 4.39 Å². The largest absolute Gasteiger partial charge is 0.453 e. The van der Waals surface area contributed by atoms with Crippen molar-refractivity contribution in [1.82, 2.24) is 15.6 Å². The average molecular weight is 476 g/mol. The lowest BCUT2D eigenvalue weighted by Gasteiger charge is -2.12. The molecule has 2 rings (SSSR count). The van der Waals surface area contributed by atoms with Gasteiger partial charge in [-0.3, -0.25) is 9.98 Å². The molecule has 2 N–H and O–H groups in total. The van der Waals surface area contributed by atoms with Crippen molar-refractivity contribution in [3.63, 3.8) is 0 Å². The molecule has 0 fully saturated rings. The Balaban J connectivity index is 0.00000312. The van der Waals surface area contributed by atoms with Crippen molar-refractivity contribution in [2.75, 3.05) is 25.6 Å². The van der Waals surface area contributed by atoms with Crippen LogP contribution in [0.15, 0.2) is 47.7 Å². The van der Waals surface area contributed by atoms with E-state index < -0.39 is 5.82 Å². The zero-order valence-electron chi connectivity index (χ0n) is 14.2. The summed E-state index contributed by atoms with van der Waals surface area (Å²) in [6, 6.07) is 8.35. The molecular formula is C17H22FIN4OS. The van der Waals surface area contributed by atoms with Gasteiger partial charge in [-0.25, -0.2) is 4.39 Å². The van der Waals surface area contributed by atoms with Crippen LogP contribution >= 0.6 is 35.7 Å². The molecule has 0 aliphatic carbocycles. The second-order valence-electron chi connectivity index (χ2n) is 4.90. The number of benzene rings is 1. The Labute approximate surface area is 168 Å². The van der Waals surface area contributed by atoms with Crippen LogP contribution in [0.25, 0.3) is 0 Å². The number of pyridine rings is 1. The van der Waals surface area contributed by atoms with Gasteiger partial charge in [-0.15, -0.1) is 24.0 Å². The maximum absolute atomic E-state index is 14.2. The first kappa shape index (κ1) is 21.5. The molecule has 0 spiro atoms. The lowest BCUT2D eigenvalue weighted by molar-refractivity contribution is 0.440. The predicted octanol–water partition coefficient (Wildman–Crippen LogP) is 3.66. The zero-order valence-corrected chi connectivity index (χ0v) is 17.3. The van der Waals surface area contributed by atoms with Gasteiger partial charge < -0.3 is 15.4 Å². The molecular weight excluding hydrogens is 454 g/mol. The second kappa shape index (κ2) is 11.9. The van der Waals surface area contributed by atoms with E-state index in [2.05, 4.69) is 26.9 Å². The van der Waals surface area contributed by atoms with Gasteiger partial charge >= 0.3 is 0 Å². The van der Waals surface area contributed by atoms with Crippen molar-refractivity contribution in [1.29, 1.82) is 0 Å². The Kier molecular flexibility index (Phi) is 10.2. The molecule has 0 bridgehead atoms. The van der Waals surface area contributed by atoms with Gasteiger partial charge in [0.2, 0.25) is 0 Å². The topological polar surface area (TPSA) is 58.5 Å². The van der Waals surface area contributed by atoms with E-state index in [-0.39, 0.29) is 29.7 Å². The number of nitrogens with one attached hydrogen (secondary N) is 2. The number of nitrogens with zero attached hydrogens (tertiary/aromatic N) is 2. The molecule has 25 heavy (non-hydrogen) atoms. The number of halogens is 2. The van der Waals surface area contributed by atoms with Crippen molar-refractivity contribution in [2.45, 2.75) is 6.54 Å². The maximum Gasteiger partial charge on any atom is 0.191 e. The summed E-state index contributed by atoms with van der Waals surface area (Å²) in [5, 5.41) is 6.35. The predicted molar refractivity (Wildman–Crippen MR) is 113 cm³/mol. The van der Waals surface area contributed by atoms with Crippen molar-refractivity contribution in [2.24, 2.45) is 4.99 Å². The van der Waals surface area contributed by atoms with Crippen LogP contribution in [0.4, 0.5) is 4.39 Å². The Hall–Kier alpha value is -1.55. The van der Waals surface area contributed by atoms with Crippen LogP contribution in [0, 0.1) is 5.82 Å². The first-order valence-electron chi connectivity index (χ1n) is 7.52. The molecule has 0 atom stereocenters. The minimum Gasteiger partial charge on any atom is -0.453 e. The second-order valence-corrected chi connectivity index (χ2v) is 5.89. The molecule has 1 aromatic heterocycles. The normalized spacial score (nSPS) is 10.8. The van der Waals surface area contributed by atoms with Crippen molar-refractivity contribution >= 4 is 41.7 Å². The van der Waals surface area contributed by atoms with E-state index in [1.165, 1.54) is 6.07 Å². The number of thioether (sulfide) groups is 1. The summed E-state index contributed by atoms with van der Waals surface area (Å²) in [5.74, 6) is 1.95. The summed E-state index contributed by atoms with van der Waals surface area (Å²) in [6.07, 6.45) is 5.23. The van der Waals surface area contributed by atoms with Gasteiger partial charge in [-0.05, 0) is 36.1 Å². The lowest BCUT2D eigenvalue weighted by Crippen LogP contribution is -2.37. The van der Waals surface area contributed by atoms with Crippen LogP contribution in [-0.4, -0.2) is 36.5 Å². The quantitative estimate of drug-likeness (QED) is 0.277. The highest BCUT2D eigenvalue weighted by Gasteiger charge is 2.07. The summed E-state index contributed by atoms with van der Waals surface area (Å²) < 4.78 is 19.6. The monoisotopic (exact) mass is 476 g/mol. The molecule has 5 nitrogen and oxygen atoms in total. The van der Waals surface area contributed by atoms with Gasteiger partial charge in [0.1, 0.15) is 5.75 Å². The van der Waals surface area contributed by atoms with Crippen molar-refractivity contribution in [3.8, 4) is 11.5 Å². The van der Waals surface area contributed by atoms with E-state index in [4.69, 9.17) is 4.74 Å². The third-order valence-corrected chi connectivity index (χ3v) is 3.75. The molecule has 8 heteroatoms. The Bertz CT molecular complexity index is 673. The molecule has 0 amide bonds. The number of hydrogen-bond donors (Lipinski definition) is 2. The minimum absolute atomic E-state index is 0. The van der Waals surface area contributed by atoms with Crippen LogP contribution in [0.2, 0.25) is 0 Å². The molecule has 1 aromatic carbocycles. The maximum atomic E-state index is 14.2. The van der Waals surface area contributed by atoms with Crippen molar-refractivity contribution in [3.05, 3.63) is 54.1 Å². The molecule has 0 aliphatic rings. The van der Waals surface area contributed by atoms with Gasteiger partial charge in [-0.1, -0.05) is 6.07 Å². The van der Waals surface area contributed by atoms with Crippen molar-refractivity contribution < 1.29 is 9.13 Å². The smallest absolute Gasteiger partial charge is 0.191 e. The van der Waals surface area contributed by atoms with Gasteiger partial charge in [-0.2, -0.15) is 11.8 Å². The third kappa shape index (κ3) is 7.47. The Morgan fingerprint density at radius 1 is 1.32 bits per heavy atom. The molecule has 0 unspecified atom stereocenters. The molecule has 0 saturated heterocycles. The van der Waals surface area contributed by atoms with Crippen LogP contribution in [-0.2, 0) is 6.54 Å².